The number of aromatic nitrogens is 2. The first-order valence-electron chi connectivity index (χ1n) is 8.71. The molecule has 0 aliphatic carbocycles. The number of anilines is 4. The van der Waals surface area contributed by atoms with Crippen LogP contribution in [0.5, 0.6) is 5.88 Å². The van der Waals surface area contributed by atoms with Crippen molar-refractivity contribution in [2.45, 2.75) is 13.8 Å². The number of benzene rings is 2. The maximum Gasteiger partial charge on any atom is 0.323 e. The van der Waals surface area contributed by atoms with E-state index in [2.05, 4.69) is 25.9 Å². The molecule has 0 atom stereocenters. The van der Waals surface area contributed by atoms with E-state index in [1.807, 2.05) is 19.1 Å². The summed E-state index contributed by atoms with van der Waals surface area (Å²) in [6.45, 7) is 4.24. The molecule has 3 rings (SSSR count). The Hall–Kier alpha value is -3.32. The molecule has 8 heteroatoms. The predicted molar refractivity (Wildman–Crippen MR) is 112 cm³/mol. The number of urea groups is 1. The Kier molecular flexibility index (Phi) is 6.29. The fourth-order valence-corrected chi connectivity index (χ4v) is 2.64. The topological polar surface area (TPSA) is 88.2 Å². The van der Waals surface area contributed by atoms with Gasteiger partial charge in [-0.3, -0.25) is 0 Å². The van der Waals surface area contributed by atoms with Gasteiger partial charge < -0.3 is 20.7 Å². The third kappa shape index (κ3) is 5.34. The normalized spacial score (nSPS) is 10.2. The van der Waals surface area contributed by atoms with E-state index in [1.165, 1.54) is 0 Å². The number of hydrogen-bond acceptors (Lipinski definition) is 5. The van der Waals surface area contributed by atoms with Crippen LogP contribution >= 0.6 is 11.6 Å². The van der Waals surface area contributed by atoms with Crippen LogP contribution in [-0.2, 0) is 0 Å². The highest BCUT2D eigenvalue weighted by Gasteiger charge is 2.06. The Morgan fingerprint density at radius 1 is 1.04 bits per heavy atom. The lowest BCUT2D eigenvalue weighted by molar-refractivity contribution is 0.262. The second-order valence-electron chi connectivity index (χ2n) is 5.83. The van der Waals surface area contributed by atoms with E-state index in [9.17, 15) is 4.79 Å². The van der Waals surface area contributed by atoms with E-state index in [-0.39, 0.29) is 6.03 Å². The van der Waals surface area contributed by atoms with Crippen molar-refractivity contribution < 1.29 is 9.53 Å². The predicted octanol–water partition coefficient (Wildman–Crippen LogP) is 5.22. The van der Waals surface area contributed by atoms with Crippen molar-refractivity contribution in [3.8, 4) is 5.88 Å². The zero-order valence-corrected chi connectivity index (χ0v) is 16.2. The third-order valence-electron chi connectivity index (χ3n) is 3.64. The van der Waals surface area contributed by atoms with Gasteiger partial charge in [0.05, 0.1) is 17.3 Å². The van der Waals surface area contributed by atoms with E-state index in [1.54, 1.807) is 49.4 Å². The first-order chi connectivity index (χ1) is 13.5. The number of carbonyl (C=O) groups is 1. The number of halogens is 1. The number of rotatable bonds is 6. The molecule has 1 aromatic heterocycles. The second-order valence-corrected chi connectivity index (χ2v) is 6.24. The molecule has 1 heterocycles. The van der Waals surface area contributed by atoms with Gasteiger partial charge in [-0.2, -0.15) is 4.98 Å². The summed E-state index contributed by atoms with van der Waals surface area (Å²) in [6.07, 6.45) is 0. The highest BCUT2D eigenvalue weighted by atomic mass is 35.5. The van der Waals surface area contributed by atoms with Crippen molar-refractivity contribution in [1.82, 2.24) is 9.97 Å². The van der Waals surface area contributed by atoms with Crippen molar-refractivity contribution >= 4 is 40.5 Å². The number of carbonyl (C=O) groups excluding carboxylic acids is 1. The summed E-state index contributed by atoms with van der Waals surface area (Å²) in [6, 6.07) is 15.6. The maximum atomic E-state index is 12.1. The van der Waals surface area contributed by atoms with E-state index in [4.69, 9.17) is 16.3 Å². The molecule has 7 nitrogen and oxygen atoms in total. The van der Waals surface area contributed by atoms with Crippen LogP contribution in [0.2, 0.25) is 5.02 Å². The molecule has 0 aliphatic heterocycles. The number of nitrogens with zero attached hydrogens (tertiary/aromatic N) is 2. The largest absolute Gasteiger partial charge is 0.478 e. The zero-order valence-electron chi connectivity index (χ0n) is 15.5. The molecule has 3 aromatic rings. The van der Waals surface area contributed by atoms with Crippen molar-refractivity contribution in [3.05, 3.63) is 65.4 Å². The van der Waals surface area contributed by atoms with Gasteiger partial charge in [0.1, 0.15) is 11.6 Å². The molecule has 2 amide bonds. The van der Waals surface area contributed by atoms with Gasteiger partial charge in [0.2, 0.25) is 5.88 Å². The quantitative estimate of drug-likeness (QED) is 0.530. The van der Waals surface area contributed by atoms with Crippen LogP contribution in [-0.4, -0.2) is 22.6 Å². The number of nitrogens with one attached hydrogen (secondary N) is 3. The number of amides is 2. The molecule has 0 saturated heterocycles. The van der Waals surface area contributed by atoms with Gasteiger partial charge in [0, 0.05) is 17.4 Å². The summed E-state index contributed by atoms with van der Waals surface area (Å²) in [4.78, 5) is 20.7. The summed E-state index contributed by atoms with van der Waals surface area (Å²) >= 11 is 6.04. The highest BCUT2D eigenvalue weighted by Crippen LogP contribution is 2.22. The highest BCUT2D eigenvalue weighted by molar-refractivity contribution is 6.33. The maximum absolute atomic E-state index is 12.1. The Morgan fingerprint density at radius 2 is 1.75 bits per heavy atom. The lowest BCUT2D eigenvalue weighted by Gasteiger charge is -2.11. The molecule has 0 radical (unpaired) electrons. The summed E-state index contributed by atoms with van der Waals surface area (Å²) in [5.41, 5.74) is 2.01. The molecule has 0 unspecified atom stereocenters. The van der Waals surface area contributed by atoms with Crippen LogP contribution in [0.3, 0.4) is 0 Å². The van der Waals surface area contributed by atoms with Gasteiger partial charge in [-0.05, 0) is 50.2 Å². The lowest BCUT2D eigenvalue weighted by Crippen LogP contribution is -2.19. The van der Waals surface area contributed by atoms with Gasteiger partial charge in [-0.15, -0.1) is 0 Å². The third-order valence-corrected chi connectivity index (χ3v) is 3.97. The van der Waals surface area contributed by atoms with Gasteiger partial charge in [-0.1, -0.05) is 23.7 Å². The van der Waals surface area contributed by atoms with Crippen LogP contribution in [0, 0.1) is 6.92 Å². The average molecular weight is 398 g/mol. The minimum absolute atomic E-state index is 0.374. The monoisotopic (exact) mass is 397 g/mol. The Bertz CT molecular complexity index is 963. The molecule has 0 bridgehead atoms. The minimum Gasteiger partial charge on any atom is -0.478 e. The molecule has 0 fully saturated rings. The van der Waals surface area contributed by atoms with Crippen molar-refractivity contribution in [1.29, 1.82) is 0 Å². The van der Waals surface area contributed by atoms with Crippen molar-refractivity contribution in [2.75, 3.05) is 22.6 Å². The van der Waals surface area contributed by atoms with Gasteiger partial charge >= 0.3 is 6.03 Å². The summed E-state index contributed by atoms with van der Waals surface area (Å²) in [7, 11) is 0. The molecular weight excluding hydrogens is 378 g/mol. The van der Waals surface area contributed by atoms with Crippen LogP contribution in [0.15, 0.2) is 54.6 Å². The number of aryl methyl sites for hydroxylation is 1. The molecular formula is C20H20ClN5O2. The van der Waals surface area contributed by atoms with Crippen LogP contribution in [0.4, 0.5) is 27.7 Å². The number of ether oxygens (including phenoxy) is 1. The summed E-state index contributed by atoms with van der Waals surface area (Å²) in [5, 5.41) is 9.14. The summed E-state index contributed by atoms with van der Waals surface area (Å²) in [5.74, 6) is 1.77. The molecule has 3 N–H and O–H groups in total. The number of hydrogen-bond donors (Lipinski definition) is 3. The van der Waals surface area contributed by atoms with E-state index < -0.39 is 0 Å². The zero-order chi connectivity index (χ0) is 19.9. The first-order valence-corrected chi connectivity index (χ1v) is 9.09. The first kappa shape index (κ1) is 19.4. The molecule has 28 heavy (non-hydrogen) atoms. The van der Waals surface area contributed by atoms with Crippen LogP contribution < -0.4 is 20.7 Å². The fourth-order valence-electron chi connectivity index (χ4n) is 2.46. The SMILES string of the molecule is CCOc1cc(Nc2ccc(NC(=O)Nc3ccccc3Cl)cc2)nc(C)n1. The van der Waals surface area contributed by atoms with E-state index >= 15 is 0 Å². The van der Waals surface area contributed by atoms with Crippen LogP contribution in [0.25, 0.3) is 0 Å². The molecule has 144 valence electrons. The molecule has 2 aromatic carbocycles. The Balaban J connectivity index is 1.62. The fraction of sp³-hybridized carbons (Fsp3) is 0.150. The minimum atomic E-state index is -0.374. The second kappa shape index (κ2) is 9.05. The van der Waals surface area contributed by atoms with Crippen molar-refractivity contribution in [2.24, 2.45) is 0 Å². The van der Waals surface area contributed by atoms with Crippen molar-refractivity contribution in [3.63, 3.8) is 0 Å². The van der Waals surface area contributed by atoms with Gasteiger partial charge in [0.25, 0.3) is 0 Å². The smallest absolute Gasteiger partial charge is 0.323 e. The Morgan fingerprint density at radius 3 is 2.46 bits per heavy atom. The molecule has 0 spiro atoms. The van der Waals surface area contributed by atoms with E-state index in [0.29, 0.717) is 40.5 Å². The van der Waals surface area contributed by atoms with Gasteiger partial charge in [0.15, 0.2) is 0 Å². The average Bonchev–Trinajstić information content (AvgIpc) is 2.65. The standard InChI is InChI=1S/C20H20ClN5O2/c1-3-28-19-12-18(22-13(2)23-19)24-14-8-10-15(11-9-14)25-20(27)26-17-7-5-4-6-16(17)21/h4-12H,3H2,1-2H3,(H,22,23,24)(H2,25,26,27). The van der Waals surface area contributed by atoms with Gasteiger partial charge in [-0.25, -0.2) is 9.78 Å². The number of para-hydroxylation sites is 1. The molecule has 0 saturated carbocycles. The molecule has 0 aliphatic rings. The van der Waals surface area contributed by atoms with Crippen LogP contribution in [0.1, 0.15) is 12.7 Å². The Labute approximate surface area is 168 Å². The van der Waals surface area contributed by atoms with E-state index in [0.717, 1.165) is 5.69 Å². The lowest BCUT2D eigenvalue weighted by atomic mass is 10.2. The summed E-state index contributed by atoms with van der Waals surface area (Å²) < 4.78 is 5.43.